The maximum atomic E-state index is 10.0. The molecule has 0 unspecified atom stereocenters. The zero-order chi connectivity index (χ0) is 14.9. The quantitative estimate of drug-likeness (QED) is 0.684. The monoisotopic (exact) mass is 289 g/mol. The number of aliphatic hydroxyl groups is 1. The van der Waals surface area contributed by atoms with Crippen LogP contribution in [0.5, 0.6) is 11.8 Å². The van der Waals surface area contributed by atoms with Crippen LogP contribution >= 0.6 is 0 Å². The molecule has 0 spiro atoms. The molecule has 1 saturated heterocycles. The van der Waals surface area contributed by atoms with E-state index in [1.165, 1.54) is 26.4 Å². The third-order valence-electron chi connectivity index (χ3n) is 3.31. The van der Waals surface area contributed by atoms with Gasteiger partial charge in [0.15, 0.2) is 6.10 Å². The molecule has 0 radical (unpaired) electrons. The fourth-order valence-electron chi connectivity index (χ4n) is 2.20. The highest BCUT2D eigenvalue weighted by Gasteiger charge is 2.46. The topological polar surface area (TPSA) is 103 Å². The second-order valence-corrected chi connectivity index (χ2v) is 4.55. The predicted molar refractivity (Wildman–Crippen MR) is 66.3 cm³/mol. The van der Waals surface area contributed by atoms with Crippen LogP contribution in [0.15, 0.2) is 12.1 Å². The highest BCUT2D eigenvalue weighted by Crippen LogP contribution is 2.27. The SMILES string of the molecule is CO[C@@H]1[C@@H](O)[C@H](C)O[C@@H](On2c(O)ccc2O)[C@@H]1OC. The van der Waals surface area contributed by atoms with Crippen LogP contribution in [0.3, 0.4) is 0 Å². The van der Waals surface area contributed by atoms with Crippen LogP contribution in [0.2, 0.25) is 0 Å². The molecule has 5 atom stereocenters. The lowest BCUT2D eigenvalue weighted by Gasteiger charge is -2.41. The first kappa shape index (κ1) is 14.9. The molecule has 1 aromatic rings. The summed E-state index contributed by atoms with van der Waals surface area (Å²) in [5.41, 5.74) is 0. The van der Waals surface area contributed by atoms with E-state index in [0.717, 1.165) is 4.73 Å². The molecule has 3 N–H and O–H groups in total. The molecular weight excluding hydrogens is 270 g/mol. The van der Waals surface area contributed by atoms with E-state index in [0.29, 0.717) is 0 Å². The third kappa shape index (κ3) is 2.55. The van der Waals surface area contributed by atoms with Gasteiger partial charge in [0.25, 0.3) is 6.29 Å². The van der Waals surface area contributed by atoms with Crippen LogP contribution in [0.25, 0.3) is 0 Å². The minimum absolute atomic E-state index is 0.284. The minimum atomic E-state index is -0.965. The third-order valence-corrected chi connectivity index (χ3v) is 3.31. The van der Waals surface area contributed by atoms with Crippen LogP contribution in [0, 0.1) is 0 Å². The molecule has 1 aromatic heterocycles. The molecule has 0 amide bonds. The van der Waals surface area contributed by atoms with Gasteiger partial charge in [-0.1, -0.05) is 0 Å². The van der Waals surface area contributed by atoms with Gasteiger partial charge in [0.2, 0.25) is 11.8 Å². The van der Waals surface area contributed by atoms with E-state index in [1.807, 2.05) is 0 Å². The summed E-state index contributed by atoms with van der Waals surface area (Å²) < 4.78 is 16.8. The fraction of sp³-hybridized carbons (Fsp3) is 0.667. The molecule has 1 aliphatic heterocycles. The summed E-state index contributed by atoms with van der Waals surface area (Å²) in [6.45, 7) is 1.66. The molecule has 1 fully saturated rings. The van der Waals surface area contributed by atoms with E-state index >= 15 is 0 Å². The largest absolute Gasteiger partial charge is 0.492 e. The first-order chi connectivity index (χ1) is 9.49. The fourth-order valence-corrected chi connectivity index (χ4v) is 2.20. The Hall–Kier alpha value is -1.48. The molecule has 20 heavy (non-hydrogen) atoms. The smallest absolute Gasteiger partial charge is 0.254 e. The normalized spacial score (nSPS) is 34.1. The number of aromatic nitrogens is 1. The summed E-state index contributed by atoms with van der Waals surface area (Å²) in [5.74, 6) is -0.567. The predicted octanol–water partition coefficient (Wildman–Crippen LogP) is -0.536. The van der Waals surface area contributed by atoms with E-state index in [-0.39, 0.29) is 11.8 Å². The van der Waals surface area contributed by atoms with Crippen LogP contribution < -0.4 is 4.84 Å². The molecule has 0 aromatic carbocycles. The zero-order valence-corrected chi connectivity index (χ0v) is 11.5. The van der Waals surface area contributed by atoms with Crippen molar-refractivity contribution in [1.29, 1.82) is 0 Å². The van der Waals surface area contributed by atoms with Gasteiger partial charge in [-0.3, -0.25) is 0 Å². The Labute approximate surface area is 116 Å². The number of ether oxygens (including phenoxy) is 3. The number of hydrogen-bond donors (Lipinski definition) is 3. The van der Waals surface area contributed by atoms with Crippen molar-refractivity contribution in [3.05, 3.63) is 12.1 Å². The molecule has 0 bridgehead atoms. The highest BCUT2D eigenvalue weighted by atomic mass is 16.8. The van der Waals surface area contributed by atoms with Crippen molar-refractivity contribution >= 4 is 0 Å². The van der Waals surface area contributed by atoms with Crippen LogP contribution in [-0.4, -0.2) is 65.0 Å². The van der Waals surface area contributed by atoms with Crippen molar-refractivity contribution in [2.45, 2.75) is 37.6 Å². The number of aromatic hydroxyl groups is 2. The second kappa shape index (κ2) is 5.88. The highest BCUT2D eigenvalue weighted by molar-refractivity contribution is 5.22. The second-order valence-electron chi connectivity index (χ2n) is 4.55. The first-order valence-electron chi connectivity index (χ1n) is 6.15. The van der Waals surface area contributed by atoms with E-state index in [9.17, 15) is 15.3 Å². The molecule has 8 heteroatoms. The number of hydrogen-bond acceptors (Lipinski definition) is 7. The molecule has 0 saturated carbocycles. The Balaban J connectivity index is 2.21. The summed E-state index contributed by atoms with van der Waals surface area (Å²) >= 11 is 0. The molecule has 2 heterocycles. The van der Waals surface area contributed by atoms with Crippen molar-refractivity contribution < 1.29 is 34.4 Å². The summed E-state index contributed by atoms with van der Waals surface area (Å²) in [5, 5.41) is 29.1. The van der Waals surface area contributed by atoms with Gasteiger partial charge in [0.1, 0.15) is 12.2 Å². The number of methoxy groups -OCH3 is 2. The molecule has 2 rings (SSSR count). The zero-order valence-electron chi connectivity index (χ0n) is 11.5. The minimum Gasteiger partial charge on any atom is -0.492 e. The summed E-state index contributed by atoms with van der Waals surface area (Å²) in [4.78, 5) is 5.39. The Bertz CT molecular complexity index is 430. The van der Waals surface area contributed by atoms with Gasteiger partial charge in [0, 0.05) is 26.4 Å². The van der Waals surface area contributed by atoms with Gasteiger partial charge in [-0.25, -0.2) is 0 Å². The van der Waals surface area contributed by atoms with Gasteiger partial charge >= 0.3 is 0 Å². The van der Waals surface area contributed by atoms with Crippen molar-refractivity contribution in [1.82, 2.24) is 4.73 Å². The summed E-state index contributed by atoms with van der Waals surface area (Å²) in [7, 11) is 2.87. The number of aliphatic hydroxyl groups excluding tert-OH is 1. The summed E-state index contributed by atoms with van der Waals surface area (Å²) in [6.07, 6.45) is -3.79. The average Bonchev–Trinajstić information content (AvgIpc) is 2.74. The van der Waals surface area contributed by atoms with Crippen molar-refractivity contribution in [2.24, 2.45) is 0 Å². The molecular formula is C12H19NO7. The van der Waals surface area contributed by atoms with E-state index in [1.54, 1.807) is 6.92 Å². The Morgan fingerprint density at radius 1 is 1.10 bits per heavy atom. The van der Waals surface area contributed by atoms with Gasteiger partial charge in [-0.15, -0.1) is 4.73 Å². The van der Waals surface area contributed by atoms with Gasteiger partial charge in [0.05, 0.1) is 6.10 Å². The lowest BCUT2D eigenvalue weighted by Crippen LogP contribution is -2.60. The molecule has 1 aliphatic rings. The lowest BCUT2D eigenvalue weighted by molar-refractivity contribution is -0.302. The lowest BCUT2D eigenvalue weighted by atomic mass is 10.00. The van der Waals surface area contributed by atoms with E-state index < -0.39 is 30.7 Å². The van der Waals surface area contributed by atoms with E-state index in [4.69, 9.17) is 19.0 Å². The van der Waals surface area contributed by atoms with Crippen molar-refractivity contribution in [3.63, 3.8) is 0 Å². The average molecular weight is 289 g/mol. The number of rotatable bonds is 4. The van der Waals surface area contributed by atoms with Gasteiger partial charge in [-0.05, 0) is 6.92 Å². The van der Waals surface area contributed by atoms with Gasteiger partial charge < -0.3 is 34.4 Å². The molecule has 8 nitrogen and oxygen atoms in total. The van der Waals surface area contributed by atoms with Crippen LogP contribution in [-0.2, 0) is 14.2 Å². The first-order valence-corrected chi connectivity index (χ1v) is 6.15. The van der Waals surface area contributed by atoms with Crippen LogP contribution in [0.1, 0.15) is 6.92 Å². The molecule has 114 valence electrons. The summed E-state index contributed by atoms with van der Waals surface area (Å²) in [6, 6.07) is 2.54. The Morgan fingerprint density at radius 3 is 2.15 bits per heavy atom. The van der Waals surface area contributed by atoms with Crippen molar-refractivity contribution in [2.75, 3.05) is 14.2 Å². The van der Waals surface area contributed by atoms with Crippen molar-refractivity contribution in [3.8, 4) is 11.8 Å². The van der Waals surface area contributed by atoms with E-state index in [2.05, 4.69) is 0 Å². The standard InChI is InChI=1S/C12H19NO7/c1-6-9(16)10(17-2)11(18-3)12(19-6)20-13-7(14)4-5-8(13)15/h4-6,9-12,14-16H,1-3H3/t6-,9-,10+,11+,12-/m0/s1. The maximum Gasteiger partial charge on any atom is 0.254 e. The Morgan fingerprint density at radius 2 is 1.65 bits per heavy atom. The molecule has 0 aliphatic carbocycles. The van der Waals surface area contributed by atoms with Gasteiger partial charge in [-0.2, -0.15) is 0 Å². The Kier molecular flexibility index (Phi) is 4.39. The maximum absolute atomic E-state index is 10.0. The van der Waals surface area contributed by atoms with Crippen LogP contribution in [0.4, 0.5) is 0 Å². The number of nitrogens with zero attached hydrogens (tertiary/aromatic N) is 1.